The van der Waals surface area contributed by atoms with Crippen molar-refractivity contribution in [2.75, 3.05) is 0 Å². The number of halogens is 3. The van der Waals surface area contributed by atoms with Crippen molar-refractivity contribution >= 4 is 10.9 Å². The highest BCUT2D eigenvalue weighted by molar-refractivity contribution is 5.89. The first-order valence-electron chi connectivity index (χ1n) is 6.49. The number of hydrogen-bond donors (Lipinski definition) is 0. The summed E-state index contributed by atoms with van der Waals surface area (Å²) in [6.45, 7) is 1.57. The van der Waals surface area contributed by atoms with Crippen LogP contribution in [0.5, 0.6) is 11.5 Å². The number of aromatic nitrogens is 1. The van der Waals surface area contributed by atoms with E-state index in [9.17, 15) is 18.0 Å². The zero-order valence-corrected chi connectivity index (χ0v) is 11.3. The quantitative estimate of drug-likeness (QED) is 0.494. The zero-order valence-electron chi connectivity index (χ0n) is 11.3. The van der Waals surface area contributed by atoms with Gasteiger partial charge in [-0.2, -0.15) is 4.39 Å². The molecule has 2 heterocycles. The van der Waals surface area contributed by atoms with Crippen LogP contribution < -0.4 is 10.2 Å². The number of hydrogen-bond acceptors (Lipinski definition) is 2. The van der Waals surface area contributed by atoms with E-state index in [1.165, 1.54) is 22.9 Å². The minimum absolute atomic E-state index is 0.0175. The fraction of sp³-hybridized carbons (Fsp3) is 0.0625. The first-order valence-corrected chi connectivity index (χ1v) is 6.49. The van der Waals surface area contributed by atoms with Crippen LogP contribution in [0.15, 0.2) is 35.3 Å². The molecule has 0 N–H and O–H groups in total. The molecule has 110 valence electrons. The molecule has 0 saturated heterocycles. The van der Waals surface area contributed by atoms with Crippen molar-refractivity contribution in [3.05, 3.63) is 63.7 Å². The van der Waals surface area contributed by atoms with Crippen molar-refractivity contribution in [1.82, 2.24) is 4.57 Å². The van der Waals surface area contributed by atoms with Gasteiger partial charge in [0.05, 0.1) is 11.1 Å². The third-order valence-corrected chi connectivity index (χ3v) is 3.71. The first-order chi connectivity index (χ1) is 10.5. The molecule has 2 aromatic carbocycles. The number of pyridine rings is 1. The summed E-state index contributed by atoms with van der Waals surface area (Å²) < 4.78 is 48.0. The Morgan fingerprint density at radius 1 is 1.14 bits per heavy atom. The Bertz CT molecular complexity index is 1020. The van der Waals surface area contributed by atoms with Crippen molar-refractivity contribution < 1.29 is 17.9 Å². The van der Waals surface area contributed by atoms with Gasteiger partial charge in [-0.1, -0.05) is 0 Å². The smallest absolute Gasteiger partial charge is 0.203 e. The minimum Gasteiger partial charge on any atom is -0.450 e. The van der Waals surface area contributed by atoms with Crippen LogP contribution in [0.3, 0.4) is 0 Å². The fourth-order valence-electron chi connectivity index (χ4n) is 2.70. The summed E-state index contributed by atoms with van der Waals surface area (Å²) in [4.78, 5) is 12.2. The van der Waals surface area contributed by atoms with Gasteiger partial charge in [0.1, 0.15) is 11.3 Å². The van der Waals surface area contributed by atoms with Crippen molar-refractivity contribution in [2.45, 2.75) is 6.92 Å². The third-order valence-electron chi connectivity index (χ3n) is 3.71. The maximum Gasteiger partial charge on any atom is 0.203 e. The first kappa shape index (κ1) is 12.9. The number of benzene rings is 2. The second-order valence-electron chi connectivity index (χ2n) is 5.12. The predicted octanol–water partition coefficient (Wildman–Crippen LogP) is 3.82. The van der Waals surface area contributed by atoms with Crippen LogP contribution in [-0.4, -0.2) is 4.57 Å². The average molecular weight is 303 g/mol. The molecule has 0 aliphatic carbocycles. The van der Waals surface area contributed by atoms with E-state index < -0.39 is 28.6 Å². The van der Waals surface area contributed by atoms with Gasteiger partial charge in [-0.3, -0.25) is 4.79 Å². The molecule has 1 aromatic heterocycles. The molecule has 1 aliphatic heterocycles. The molecule has 22 heavy (non-hydrogen) atoms. The Kier molecular flexibility index (Phi) is 2.43. The van der Waals surface area contributed by atoms with E-state index in [1.807, 2.05) is 0 Å². The summed E-state index contributed by atoms with van der Waals surface area (Å²) in [7, 11) is 0. The molecule has 0 bridgehead atoms. The number of nitrogens with zero attached hydrogens (tertiary/aromatic N) is 1. The van der Waals surface area contributed by atoms with E-state index in [-0.39, 0.29) is 16.7 Å². The summed E-state index contributed by atoms with van der Waals surface area (Å²) in [6, 6.07) is 4.63. The maximum atomic E-state index is 14.1. The number of rotatable bonds is 0. The van der Waals surface area contributed by atoms with Crippen LogP contribution in [0.4, 0.5) is 13.2 Å². The predicted molar refractivity (Wildman–Crippen MR) is 74.2 cm³/mol. The van der Waals surface area contributed by atoms with E-state index in [1.54, 1.807) is 6.92 Å². The van der Waals surface area contributed by atoms with Crippen molar-refractivity contribution in [3.63, 3.8) is 0 Å². The van der Waals surface area contributed by atoms with Gasteiger partial charge >= 0.3 is 0 Å². The van der Waals surface area contributed by atoms with Crippen LogP contribution in [0.2, 0.25) is 0 Å². The molecule has 0 unspecified atom stereocenters. The summed E-state index contributed by atoms with van der Waals surface area (Å²) in [5.41, 5.74) is 0.545. The molecule has 4 rings (SSSR count). The number of aryl methyl sites for hydroxylation is 1. The molecule has 0 spiro atoms. The van der Waals surface area contributed by atoms with E-state index in [4.69, 9.17) is 4.74 Å². The molecule has 3 nitrogen and oxygen atoms in total. The molecule has 0 atom stereocenters. The highest BCUT2D eigenvalue weighted by Crippen LogP contribution is 2.41. The SMILES string of the molecule is Cc1cn2c3c(c(F)c(F)cc3c1=O)Oc1cc(F)ccc1-2. The lowest BCUT2D eigenvalue weighted by atomic mass is 10.1. The fourth-order valence-corrected chi connectivity index (χ4v) is 2.70. The number of ether oxygens (including phenoxy) is 1. The highest BCUT2D eigenvalue weighted by Gasteiger charge is 2.26. The molecule has 6 heteroatoms. The van der Waals surface area contributed by atoms with Gasteiger partial charge in [0.2, 0.25) is 5.82 Å². The molecular formula is C16H8F3NO2. The van der Waals surface area contributed by atoms with Crippen LogP contribution in [0, 0.1) is 24.4 Å². The van der Waals surface area contributed by atoms with Crippen LogP contribution in [0.1, 0.15) is 5.56 Å². The summed E-state index contributed by atoms with van der Waals surface area (Å²) in [6.07, 6.45) is 1.50. The summed E-state index contributed by atoms with van der Waals surface area (Å²) >= 11 is 0. The van der Waals surface area contributed by atoms with Crippen LogP contribution in [-0.2, 0) is 0 Å². The summed E-state index contributed by atoms with van der Waals surface area (Å²) in [5, 5.41) is 0.0175. The van der Waals surface area contributed by atoms with Gasteiger partial charge < -0.3 is 9.30 Å². The topological polar surface area (TPSA) is 31.2 Å². The van der Waals surface area contributed by atoms with E-state index in [0.717, 1.165) is 12.1 Å². The lowest BCUT2D eigenvalue weighted by Crippen LogP contribution is -2.16. The van der Waals surface area contributed by atoms with Crippen molar-refractivity contribution in [1.29, 1.82) is 0 Å². The van der Waals surface area contributed by atoms with E-state index >= 15 is 0 Å². The largest absolute Gasteiger partial charge is 0.450 e. The molecular weight excluding hydrogens is 295 g/mol. The second-order valence-corrected chi connectivity index (χ2v) is 5.12. The molecule has 0 saturated carbocycles. The standard InChI is InChI=1S/C16H8F3NO2/c1-7-6-20-11-3-2-8(17)4-12(11)22-16-13(19)10(18)5-9(14(16)20)15(7)21/h2-6H,1H3. The Morgan fingerprint density at radius 2 is 1.91 bits per heavy atom. The van der Waals surface area contributed by atoms with Gasteiger partial charge in [-0.25, -0.2) is 8.78 Å². The molecule has 0 amide bonds. The lowest BCUT2D eigenvalue weighted by molar-refractivity contribution is 0.411. The van der Waals surface area contributed by atoms with Crippen LogP contribution >= 0.6 is 0 Å². The average Bonchev–Trinajstić information content (AvgIpc) is 2.48. The third kappa shape index (κ3) is 1.55. The monoisotopic (exact) mass is 303 g/mol. The van der Waals surface area contributed by atoms with Gasteiger partial charge in [0.15, 0.2) is 22.7 Å². The van der Waals surface area contributed by atoms with Gasteiger partial charge in [0.25, 0.3) is 0 Å². The number of fused-ring (bicyclic) bond motifs is 2. The van der Waals surface area contributed by atoms with Crippen LogP contribution in [0.25, 0.3) is 16.6 Å². The Hall–Kier alpha value is -2.76. The molecule has 1 aliphatic rings. The van der Waals surface area contributed by atoms with E-state index in [2.05, 4.69) is 0 Å². The molecule has 0 radical (unpaired) electrons. The molecule has 0 fully saturated rings. The maximum absolute atomic E-state index is 14.1. The van der Waals surface area contributed by atoms with Gasteiger partial charge in [-0.05, 0) is 25.1 Å². The summed E-state index contributed by atoms with van der Waals surface area (Å²) in [5.74, 6) is -3.31. The van der Waals surface area contributed by atoms with Crippen molar-refractivity contribution in [3.8, 4) is 17.2 Å². The van der Waals surface area contributed by atoms with Gasteiger partial charge in [-0.15, -0.1) is 0 Å². The van der Waals surface area contributed by atoms with E-state index in [0.29, 0.717) is 11.3 Å². The minimum atomic E-state index is -1.21. The Balaban J connectivity index is 2.26. The Labute approximate surface area is 122 Å². The lowest BCUT2D eigenvalue weighted by Gasteiger charge is -2.24. The molecule has 3 aromatic rings. The van der Waals surface area contributed by atoms with Gasteiger partial charge in [0, 0.05) is 17.8 Å². The normalized spacial score (nSPS) is 12.2. The Morgan fingerprint density at radius 3 is 2.68 bits per heavy atom. The second kappa shape index (κ2) is 4.13. The van der Waals surface area contributed by atoms with Crippen molar-refractivity contribution in [2.24, 2.45) is 0 Å². The zero-order chi connectivity index (χ0) is 15.6. The highest BCUT2D eigenvalue weighted by atomic mass is 19.2.